The third kappa shape index (κ3) is 4.03. The maximum absolute atomic E-state index is 13.1. The minimum atomic E-state index is -3.84. The first kappa shape index (κ1) is 21.7. The number of aromatic nitrogens is 3. The second-order valence-corrected chi connectivity index (χ2v) is 10.7. The number of fused-ring (bicyclic) bond motifs is 1. The van der Waals surface area contributed by atoms with Crippen LogP contribution in [0.25, 0.3) is 21.6 Å². The first-order valence-electron chi connectivity index (χ1n) is 9.37. The van der Waals surface area contributed by atoms with Crippen molar-refractivity contribution < 1.29 is 12.9 Å². The monoisotopic (exact) mass is 478 g/mol. The number of rotatable bonds is 6. The Bertz CT molecular complexity index is 1420. The molecule has 0 aliphatic carbocycles. The van der Waals surface area contributed by atoms with Crippen molar-refractivity contribution >= 4 is 43.2 Å². The summed E-state index contributed by atoms with van der Waals surface area (Å²) in [5.41, 5.74) is 1.31. The second-order valence-electron chi connectivity index (χ2n) is 7.21. The van der Waals surface area contributed by atoms with Crippen molar-refractivity contribution in [2.24, 2.45) is 0 Å². The molecule has 31 heavy (non-hydrogen) atoms. The smallest absolute Gasteiger partial charge is 0.308 e. The molecular weight excluding hydrogens is 460 g/mol. The standard InChI is InChI=1S/C20H19ClN4O4S2/c1-12(2)25-16-9-8-13(10-17(16)30-20(25)26)31(27,28)24(3)11-18-22-19(23-29-18)14-6-4-5-7-15(14)21/h4-10,12H,11H2,1-3H3. The third-order valence-corrected chi connectivity index (χ3v) is 7.80. The van der Waals surface area contributed by atoms with Crippen LogP contribution in [0, 0.1) is 0 Å². The summed E-state index contributed by atoms with van der Waals surface area (Å²) in [5.74, 6) is 0.422. The highest BCUT2D eigenvalue weighted by Gasteiger charge is 2.25. The maximum Gasteiger partial charge on any atom is 0.308 e. The van der Waals surface area contributed by atoms with E-state index in [9.17, 15) is 13.2 Å². The van der Waals surface area contributed by atoms with E-state index in [1.54, 1.807) is 34.9 Å². The van der Waals surface area contributed by atoms with Crippen molar-refractivity contribution in [2.45, 2.75) is 31.3 Å². The van der Waals surface area contributed by atoms with Gasteiger partial charge in [-0.25, -0.2) is 8.42 Å². The number of benzene rings is 2. The number of thiazole rings is 1. The van der Waals surface area contributed by atoms with E-state index in [1.807, 2.05) is 13.8 Å². The molecule has 0 atom stereocenters. The highest BCUT2D eigenvalue weighted by molar-refractivity contribution is 7.89. The Hall–Kier alpha value is -2.53. The summed E-state index contributed by atoms with van der Waals surface area (Å²) < 4.78 is 34.8. The number of sulfonamides is 1. The summed E-state index contributed by atoms with van der Waals surface area (Å²) in [6.07, 6.45) is 0. The lowest BCUT2D eigenvalue weighted by molar-refractivity contribution is 0.337. The van der Waals surface area contributed by atoms with Crippen LogP contribution in [0.2, 0.25) is 5.02 Å². The summed E-state index contributed by atoms with van der Waals surface area (Å²) in [5, 5.41) is 4.37. The van der Waals surface area contributed by atoms with Gasteiger partial charge in [-0.1, -0.05) is 40.2 Å². The van der Waals surface area contributed by atoms with Crippen molar-refractivity contribution in [2.75, 3.05) is 7.05 Å². The van der Waals surface area contributed by atoms with Gasteiger partial charge in [0.15, 0.2) is 0 Å². The fourth-order valence-corrected chi connectivity index (χ4v) is 5.69. The molecule has 0 aliphatic heterocycles. The van der Waals surface area contributed by atoms with Crippen molar-refractivity contribution in [3.8, 4) is 11.4 Å². The second kappa shape index (κ2) is 8.19. The van der Waals surface area contributed by atoms with Gasteiger partial charge in [-0.05, 0) is 44.2 Å². The van der Waals surface area contributed by atoms with E-state index < -0.39 is 10.0 Å². The van der Waals surface area contributed by atoms with Crippen LogP contribution < -0.4 is 4.87 Å². The van der Waals surface area contributed by atoms with Gasteiger partial charge in [0, 0.05) is 18.7 Å². The number of nitrogens with zero attached hydrogens (tertiary/aromatic N) is 4. The summed E-state index contributed by atoms with van der Waals surface area (Å²) in [7, 11) is -2.41. The molecule has 4 rings (SSSR count). The molecule has 0 fully saturated rings. The number of hydrogen-bond donors (Lipinski definition) is 0. The van der Waals surface area contributed by atoms with E-state index in [-0.39, 0.29) is 34.1 Å². The summed E-state index contributed by atoms with van der Waals surface area (Å²) in [4.78, 5) is 16.5. The zero-order chi connectivity index (χ0) is 22.3. The predicted molar refractivity (Wildman–Crippen MR) is 120 cm³/mol. The van der Waals surface area contributed by atoms with Gasteiger partial charge < -0.3 is 4.52 Å². The zero-order valence-corrected chi connectivity index (χ0v) is 19.3. The Morgan fingerprint density at radius 1 is 1.23 bits per heavy atom. The van der Waals surface area contributed by atoms with Gasteiger partial charge in [0.1, 0.15) is 0 Å². The fourth-order valence-electron chi connectivity index (χ4n) is 3.19. The summed E-state index contributed by atoms with van der Waals surface area (Å²) >= 11 is 7.18. The Morgan fingerprint density at radius 3 is 2.68 bits per heavy atom. The van der Waals surface area contributed by atoms with E-state index in [0.29, 0.717) is 20.8 Å². The minimum Gasteiger partial charge on any atom is -0.338 e. The van der Waals surface area contributed by atoms with Gasteiger partial charge in [0.2, 0.25) is 21.7 Å². The molecule has 11 heteroatoms. The maximum atomic E-state index is 13.1. The van der Waals surface area contributed by atoms with Gasteiger partial charge in [0.25, 0.3) is 0 Å². The first-order chi connectivity index (χ1) is 14.7. The average Bonchev–Trinajstić information content (AvgIpc) is 3.30. The molecule has 162 valence electrons. The molecule has 0 saturated carbocycles. The van der Waals surface area contributed by atoms with Gasteiger partial charge in [-0.3, -0.25) is 9.36 Å². The number of hydrogen-bond acceptors (Lipinski definition) is 7. The highest BCUT2D eigenvalue weighted by Crippen LogP contribution is 2.27. The quantitative estimate of drug-likeness (QED) is 0.412. The largest absolute Gasteiger partial charge is 0.338 e. The van der Waals surface area contributed by atoms with Crippen molar-refractivity contribution in [3.63, 3.8) is 0 Å². The van der Waals surface area contributed by atoms with Crippen molar-refractivity contribution in [1.29, 1.82) is 0 Å². The van der Waals surface area contributed by atoms with E-state index in [2.05, 4.69) is 10.1 Å². The lowest BCUT2D eigenvalue weighted by Gasteiger charge is -2.15. The summed E-state index contributed by atoms with van der Waals surface area (Å²) in [6, 6.07) is 11.7. The lowest BCUT2D eigenvalue weighted by Crippen LogP contribution is -2.26. The molecule has 0 unspecified atom stereocenters. The molecule has 2 aromatic heterocycles. The van der Waals surface area contributed by atoms with Crippen LogP contribution >= 0.6 is 22.9 Å². The average molecular weight is 479 g/mol. The van der Waals surface area contributed by atoms with Gasteiger partial charge >= 0.3 is 4.87 Å². The molecule has 0 radical (unpaired) electrons. The molecule has 2 aromatic carbocycles. The predicted octanol–water partition coefficient (Wildman–Crippen LogP) is 4.17. The van der Waals surface area contributed by atoms with Gasteiger partial charge in [0.05, 0.1) is 26.7 Å². The molecule has 0 amide bonds. The molecule has 2 heterocycles. The normalized spacial score (nSPS) is 12.3. The van der Waals surface area contributed by atoms with Crippen molar-refractivity contribution in [3.05, 3.63) is 63.0 Å². The minimum absolute atomic E-state index is 0.0174. The van der Waals surface area contributed by atoms with E-state index in [4.69, 9.17) is 16.1 Å². The van der Waals surface area contributed by atoms with E-state index in [1.165, 1.54) is 19.2 Å². The Kier molecular flexibility index (Phi) is 5.73. The Morgan fingerprint density at radius 2 is 1.97 bits per heavy atom. The molecule has 0 N–H and O–H groups in total. The van der Waals surface area contributed by atoms with Crippen LogP contribution in [0.15, 0.2) is 56.7 Å². The summed E-state index contributed by atoms with van der Waals surface area (Å²) in [6.45, 7) is 3.71. The molecule has 0 aliphatic rings. The van der Waals surface area contributed by atoms with Crippen LogP contribution in [0.3, 0.4) is 0 Å². The fraction of sp³-hybridized carbons (Fsp3) is 0.250. The lowest BCUT2D eigenvalue weighted by atomic mass is 10.2. The molecule has 4 aromatic rings. The topological polar surface area (TPSA) is 98.3 Å². The molecule has 8 nitrogen and oxygen atoms in total. The van der Waals surface area contributed by atoms with Crippen LogP contribution in [0.1, 0.15) is 25.8 Å². The molecule has 0 saturated heterocycles. The number of halogens is 1. The van der Waals surface area contributed by atoms with Crippen LogP contribution in [-0.2, 0) is 16.6 Å². The van der Waals surface area contributed by atoms with Crippen molar-refractivity contribution in [1.82, 2.24) is 19.0 Å². The highest BCUT2D eigenvalue weighted by atomic mass is 35.5. The van der Waals surface area contributed by atoms with Crippen LogP contribution in [0.4, 0.5) is 0 Å². The van der Waals surface area contributed by atoms with Crippen LogP contribution in [0.5, 0.6) is 0 Å². The zero-order valence-electron chi connectivity index (χ0n) is 16.9. The van der Waals surface area contributed by atoms with Gasteiger partial charge in [-0.2, -0.15) is 9.29 Å². The van der Waals surface area contributed by atoms with E-state index >= 15 is 0 Å². The van der Waals surface area contributed by atoms with E-state index in [0.717, 1.165) is 15.6 Å². The van der Waals surface area contributed by atoms with Gasteiger partial charge in [-0.15, -0.1) is 0 Å². The molecule has 0 spiro atoms. The first-order valence-corrected chi connectivity index (χ1v) is 12.0. The Balaban J connectivity index is 1.61. The molecule has 0 bridgehead atoms. The SMILES string of the molecule is CC(C)n1c(=O)sc2cc(S(=O)(=O)N(C)Cc3nc(-c4ccccc4Cl)no3)ccc21. The van der Waals surface area contributed by atoms with Crippen LogP contribution in [-0.4, -0.2) is 34.5 Å². The Labute approximate surface area is 187 Å². The molecular formula is C20H19ClN4O4S2. The third-order valence-electron chi connectivity index (χ3n) is 4.75.